The molecule has 0 aliphatic heterocycles. The Hall–Kier alpha value is -1.84. The summed E-state index contributed by atoms with van der Waals surface area (Å²) in [5.41, 5.74) is 4.29. The normalized spacial score (nSPS) is 10.6. The summed E-state index contributed by atoms with van der Waals surface area (Å²) in [6, 6.07) is 13.5. The molecule has 0 spiro atoms. The molecule has 5 nitrogen and oxygen atoms in total. The first-order chi connectivity index (χ1) is 14.0. The number of thiazole rings is 1. The predicted octanol–water partition coefficient (Wildman–Crippen LogP) is 6.26. The van der Waals surface area contributed by atoms with E-state index in [0.29, 0.717) is 16.3 Å². The Morgan fingerprint density at radius 2 is 2.03 bits per heavy atom. The van der Waals surface area contributed by atoms with Crippen LogP contribution in [-0.4, -0.2) is 35.6 Å². The van der Waals surface area contributed by atoms with E-state index < -0.39 is 5.97 Å². The van der Waals surface area contributed by atoms with Crippen LogP contribution < -0.4 is 10.2 Å². The number of alkyl halides is 1. The van der Waals surface area contributed by atoms with E-state index in [1.165, 1.54) is 24.1 Å². The fourth-order valence-corrected chi connectivity index (χ4v) is 4.40. The highest BCUT2D eigenvalue weighted by Crippen LogP contribution is 2.31. The van der Waals surface area contributed by atoms with Gasteiger partial charge in [0, 0.05) is 34.1 Å². The Kier molecular flexibility index (Phi) is 7.74. The summed E-state index contributed by atoms with van der Waals surface area (Å²) in [6.07, 6.45) is 0. The monoisotopic (exact) mass is 541 g/mol. The van der Waals surface area contributed by atoms with Gasteiger partial charge in [0.25, 0.3) is 0 Å². The molecular weight excluding hydrogens is 521 g/mol. The third-order valence-corrected chi connectivity index (χ3v) is 5.95. The van der Waals surface area contributed by atoms with Crippen molar-refractivity contribution in [2.75, 3.05) is 34.8 Å². The molecule has 0 saturated carbocycles. The smallest absolute Gasteiger partial charge is 0.337 e. The van der Waals surface area contributed by atoms with Crippen molar-refractivity contribution in [1.82, 2.24) is 4.98 Å². The molecule has 2 aromatic carbocycles. The van der Waals surface area contributed by atoms with E-state index in [-0.39, 0.29) is 0 Å². The second-order valence-corrected chi connectivity index (χ2v) is 8.51. The lowest BCUT2D eigenvalue weighted by Gasteiger charge is -2.22. The molecule has 1 heterocycles. The number of hydrogen-bond donors (Lipinski definition) is 1. The van der Waals surface area contributed by atoms with Gasteiger partial charge in [0.1, 0.15) is 0 Å². The minimum Gasteiger partial charge on any atom is -0.465 e. The molecule has 3 aromatic rings. The molecule has 0 bridgehead atoms. The van der Waals surface area contributed by atoms with Gasteiger partial charge in [-0.15, -0.1) is 11.3 Å². The van der Waals surface area contributed by atoms with Crippen LogP contribution >= 0.6 is 45.5 Å². The summed E-state index contributed by atoms with van der Waals surface area (Å²) in [6.45, 7) is 4.20. The highest BCUT2D eigenvalue weighted by atomic mass is 127. The van der Waals surface area contributed by atoms with Crippen LogP contribution in [0.25, 0.3) is 11.3 Å². The van der Waals surface area contributed by atoms with Crippen LogP contribution in [0, 0.1) is 0 Å². The number of nitrogens with one attached hydrogen (secondary N) is 1. The summed E-state index contributed by atoms with van der Waals surface area (Å²) in [5, 5.41) is 6.39. The highest BCUT2D eigenvalue weighted by molar-refractivity contribution is 14.1. The van der Waals surface area contributed by atoms with Crippen molar-refractivity contribution in [3.05, 3.63) is 58.4 Å². The van der Waals surface area contributed by atoms with Crippen LogP contribution in [0.5, 0.6) is 0 Å². The molecule has 1 aromatic heterocycles. The molecule has 29 heavy (non-hydrogen) atoms. The largest absolute Gasteiger partial charge is 0.465 e. The quantitative estimate of drug-likeness (QED) is 0.207. The summed E-state index contributed by atoms with van der Waals surface area (Å²) in [7, 11) is 1.34. The van der Waals surface area contributed by atoms with Crippen molar-refractivity contribution in [3.63, 3.8) is 0 Å². The number of anilines is 3. The summed E-state index contributed by atoms with van der Waals surface area (Å²) in [5.74, 6) is -0.418. The molecule has 1 N–H and O–H groups in total. The lowest BCUT2D eigenvalue weighted by atomic mass is 10.1. The Labute approximate surface area is 193 Å². The number of carbonyl (C=O) groups is 1. The predicted molar refractivity (Wildman–Crippen MR) is 130 cm³/mol. The van der Waals surface area contributed by atoms with Crippen molar-refractivity contribution in [2.45, 2.75) is 6.92 Å². The Morgan fingerprint density at radius 1 is 1.28 bits per heavy atom. The zero-order valence-electron chi connectivity index (χ0n) is 16.1. The van der Waals surface area contributed by atoms with Crippen LogP contribution in [0.3, 0.4) is 0 Å². The topological polar surface area (TPSA) is 54.5 Å². The first-order valence-corrected chi connectivity index (χ1v) is 11.9. The third-order valence-electron chi connectivity index (χ3n) is 4.40. The third kappa shape index (κ3) is 5.40. The summed E-state index contributed by atoms with van der Waals surface area (Å²) >= 11 is 10.2. The maximum absolute atomic E-state index is 11.6. The fraction of sp³-hybridized carbons (Fsp3) is 0.238. The molecule has 152 valence electrons. The summed E-state index contributed by atoms with van der Waals surface area (Å²) in [4.78, 5) is 18.6. The van der Waals surface area contributed by atoms with E-state index in [1.54, 1.807) is 18.2 Å². The molecule has 0 fully saturated rings. The number of halogens is 2. The molecule has 0 aliphatic carbocycles. The molecule has 0 saturated heterocycles. The van der Waals surface area contributed by atoms with Gasteiger partial charge in [0.15, 0.2) is 5.13 Å². The average molecular weight is 542 g/mol. The average Bonchev–Trinajstić information content (AvgIpc) is 3.21. The second-order valence-electron chi connectivity index (χ2n) is 6.16. The van der Waals surface area contributed by atoms with Crippen LogP contribution in [0.2, 0.25) is 5.02 Å². The molecule has 8 heteroatoms. The van der Waals surface area contributed by atoms with Gasteiger partial charge in [-0.3, -0.25) is 0 Å². The first kappa shape index (κ1) is 21.9. The molecule has 0 unspecified atom stereocenters. The highest BCUT2D eigenvalue weighted by Gasteiger charge is 2.11. The van der Waals surface area contributed by atoms with Gasteiger partial charge in [-0.1, -0.05) is 46.3 Å². The first-order valence-electron chi connectivity index (χ1n) is 9.07. The maximum Gasteiger partial charge on any atom is 0.337 e. The number of ether oxygens (including phenoxy) is 1. The van der Waals surface area contributed by atoms with Crippen molar-refractivity contribution in [2.24, 2.45) is 0 Å². The van der Waals surface area contributed by atoms with Crippen molar-refractivity contribution in [1.29, 1.82) is 0 Å². The number of esters is 1. The molecule has 0 aliphatic rings. The van der Waals surface area contributed by atoms with Gasteiger partial charge in [-0.05, 0) is 37.3 Å². The van der Waals surface area contributed by atoms with Gasteiger partial charge >= 0.3 is 5.97 Å². The molecule has 3 rings (SSSR count). The van der Waals surface area contributed by atoms with E-state index in [9.17, 15) is 4.79 Å². The lowest BCUT2D eigenvalue weighted by molar-refractivity contribution is 0.0601. The van der Waals surface area contributed by atoms with Crippen molar-refractivity contribution in [3.8, 4) is 11.3 Å². The summed E-state index contributed by atoms with van der Waals surface area (Å²) < 4.78 is 5.81. The second kappa shape index (κ2) is 10.3. The zero-order chi connectivity index (χ0) is 20.8. The molecular formula is C21H21ClIN3O2S. The van der Waals surface area contributed by atoms with Gasteiger partial charge in [-0.2, -0.15) is 0 Å². The Morgan fingerprint density at radius 3 is 2.66 bits per heavy atom. The van der Waals surface area contributed by atoms with E-state index in [1.807, 2.05) is 5.38 Å². The fourth-order valence-electron chi connectivity index (χ4n) is 2.86. The minimum absolute atomic E-state index is 0.409. The SMILES string of the molecule is CCN(CCI)c1ccc(-c2csc(Nc3ccc(C(=O)OC)cc3Cl)n2)cc1. The number of methoxy groups -OCH3 is 1. The number of hydrogen-bond acceptors (Lipinski definition) is 6. The molecule has 0 atom stereocenters. The van der Waals surface area contributed by atoms with Crippen LogP contribution in [-0.2, 0) is 4.74 Å². The molecule has 0 radical (unpaired) electrons. The Bertz CT molecular complexity index is 978. The van der Waals surface area contributed by atoms with E-state index in [0.717, 1.165) is 33.9 Å². The number of rotatable bonds is 8. The van der Waals surface area contributed by atoms with E-state index in [2.05, 4.69) is 69.0 Å². The van der Waals surface area contributed by atoms with Gasteiger partial charge < -0.3 is 15.0 Å². The number of nitrogens with zero attached hydrogens (tertiary/aromatic N) is 2. The van der Waals surface area contributed by atoms with Gasteiger partial charge in [-0.25, -0.2) is 9.78 Å². The number of aromatic nitrogens is 1. The Balaban J connectivity index is 1.73. The van der Waals surface area contributed by atoms with E-state index >= 15 is 0 Å². The zero-order valence-corrected chi connectivity index (χ0v) is 19.8. The van der Waals surface area contributed by atoms with Gasteiger partial charge in [0.2, 0.25) is 0 Å². The van der Waals surface area contributed by atoms with Gasteiger partial charge in [0.05, 0.1) is 29.1 Å². The number of carbonyl (C=O) groups excluding carboxylic acids is 1. The van der Waals surface area contributed by atoms with Crippen molar-refractivity contribution >= 4 is 68.0 Å². The van der Waals surface area contributed by atoms with Crippen LogP contribution in [0.1, 0.15) is 17.3 Å². The van der Waals surface area contributed by atoms with Crippen LogP contribution in [0.15, 0.2) is 47.8 Å². The standard InChI is InChI=1S/C21H21ClIN3O2S/c1-3-26(11-10-23)16-7-4-14(5-8-16)19-13-29-21(25-19)24-18-9-6-15(12-17(18)22)20(27)28-2/h4-9,12-13H,3,10-11H2,1-2H3,(H,24,25). The lowest BCUT2D eigenvalue weighted by Crippen LogP contribution is -2.24. The van der Waals surface area contributed by atoms with Crippen LogP contribution in [0.4, 0.5) is 16.5 Å². The maximum atomic E-state index is 11.6. The van der Waals surface area contributed by atoms with Crippen molar-refractivity contribution < 1.29 is 9.53 Å². The van der Waals surface area contributed by atoms with E-state index in [4.69, 9.17) is 16.3 Å². The number of benzene rings is 2. The minimum atomic E-state index is -0.418. The molecule has 0 amide bonds.